The molecule has 1 aliphatic carbocycles. The van der Waals surface area contributed by atoms with Crippen LogP contribution in [-0.4, -0.2) is 59.7 Å². The molecule has 3 aliphatic rings. The summed E-state index contributed by atoms with van der Waals surface area (Å²) in [6, 6.07) is 6.88. The Hall–Kier alpha value is -0.970. The van der Waals surface area contributed by atoms with Crippen molar-refractivity contribution in [2.75, 3.05) is 32.8 Å². The van der Waals surface area contributed by atoms with Crippen molar-refractivity contribution in [1.29, 1.82) is 0 Å². The van der Waals surface area contributed by atoms with Gasteiger partial charge in [0, 0.05) is 51.6 Å². The predicted octanol–water partition coefficient (Wildman–Crippen LogP) is 1.77. The van der Waals surface area contributed by atoms with E-state index < -0.39 is 0 Å². The Morgan fingerprint density at radius 1 is 1.19 bits per heavy atom. The third-order valence-electron chi connectivity index (χ3n) is 5.04. The number of hydrogen-bond acceptors (Lipinski definition) is 4. The molecule has 4 rings (SSSR count). The summed E-state index contributed by atoms with van der Waals surface area (Å²) in [4.78, 5) is 9.63. The van der Waals surface area contributed by atoms with E-state index >= 15 is 0 Å². The maximum absolute atomic E-state index is 6.10. The highest BCUT2D eigenvalue weighted by Gasteiger charge is 2.37. The number of piperazine rings is 1. The van der Waals surface area contributed by atoms with Gasteiger partial charge in [-0.15, -0.1) is 0 Å². The number of fused-ring (bicyclic) bond motifs is 1. The zero-order valence-corrected chi connectivity index (χ0v) is 12.7. The number of nitrogens with zero attached hydrogens (tertiary/aromatic N) is 3. The van der Waals surface area contributed by atoms with Gasteiger partial charge in [0.2, 0.25) is 0 Å². The molecule has 0 N–H and O–H groups in total. The molecule has 2 aliphatic heterocycles. The Balaban J connectivity index is 1.28. The third-order valence-corrected chi connectivity index (χ3v) is 5.04. The van der Waals surface area contributed by atoms with E-state index in [0.29, 0.717) is 12.1 Å². The van der Waals surface area contributed by atoms with Crippen LogP contribution < -0.4 is 0 Å². The van der Waals surface area contributed by atoms with E-state index in [1.807, 2.05) is 12.3 Å². The molecule has 0 aromatic carbocycles. The molecule has 0 unspecified atom stereocenters. The van der Waals surface area contributed by atoms with Crippen molar-refractivity contribution in [2.24, 2.45) is 5.92 Å². The first kappa shape index (κ1) is 13.7. The molecule has 3 fully saturated rings. The summed E-state index contributed by atoms with van der Waals surface area (Å²) in [6.07, 6.45) is 6.36. The summed E-state index contributed by atoms with van der Waals surface area (Å²) in [6.45, 7) is 6.64. The minimum Gasteiger partial charge on any atom is -0.377 e. The van der Waals surface area contributed by atoms with E-state index in [1.54, 1.807) is 0 Å². The molecular formula is C17H25N3O. The Morgan fingerprint density at radius 3 is 2.95 bits per heavy atom. The van der Waals surface area contributed by atoms with Gasteiger partial charge in [0.1, 0.15) is 0 Å². The zero-order valence-electron chi connectivity index (χ0n) is 12.7. The number of pyridine rings is 1. The van der Waals surface area contributed by atoms with Crippen LogP contribution in [0.2, 0.25) is 0 Å². The summed E-state index contributed by atoms with van der Waals surface area (Å²) in [7, 11) is 0. The van der Waals surface area contributed by atoms with Crippen LogP contribution in [0.4, 0.5) is 0 Å². The number of rotatable bonds is 5. The lowest BCUT2D eigenvalue weighted by atomic mass is 10.1. The van der Waals surface area contributed by atoms with Gasteiger partial charge in [-0.05, 0) is 37.3 Å². The van der Waals surface area contributed by atoms with Crippen molar-refractivity contribution in [3.63, 3.8) is 0 Å². The van der Waals surface area contributed by atoms with Crippen molar-refractivity contribution in [1.82, 2.24) is 14.8 Å². The molecule has 1 aromatic heterocycles. The van der Waals surface area contributed by atoms with Crippen LogP contribution in [0, 0.1) is 5.92 Å². The maximum atomic E-state index is 6.10. The molecule has 1 aromatic rings. The van der Waals surface area contributed by atoms with Crippen LogP contribution in [0.25, 0.3) is 0 Å². The Labute approximate surface area is 127 Å². The summed E-state index contributed by atoms with van der Waals surface area (Å²) < 4.78 is 6.10. The van der Waals surface area contributed by atoms with Crippen LogP contribution in [0.15, 0.2) is 24.4 Å². The van der Waals surface area contributed by atoms with Gasteiger partial charge in [-0.3, -0.25) is 14.8 Å². The van der Waals surface area contributed by atoms with Crippen LogP contribution >= 0.6 is 0 Å². The van der Waals surface area contributed by atoms with Gasteiger partial charge in [-0.2, -0.15) is 0 Å². The van der Waals surface area contributed by atoms with Gasteiger partial charge < -0.3 is 4.74 Å². The summed E-state index contributed by atoms with van der Waals surface area (Å²) in [5, 5.41) is 0. The third kappa shape index (κ3) is 3.44. The molecule has 0 radical (unpaired) electrons. The van der Waals surface area contributed by atoms with Gasteiger partial charge in [-0.25, -0.2) is 0 Å². The standard InChI is InChI=1S/C17H25N3O/c1-2-6-18-15(3-1)10-19-7-8-20-12-17(9-16(20)11-19)21-13-14-4-5-14/h1-3,6,14,16-17H,4-5,7-13H2/t16-,17+/m1/s1. The molecule has 2 atom stereocenters. The summed E-state index contributed by atoms with van der Waals surface area (Å²) in [5.41, 5.74) is 1.19. The van der Waals surface area contributed by atoms with Gasteiger partial charge >= 0.3 is 0 Å². The number of aromatic nitrogens is 1. The van der Waals surface area contributed by atoms with Gasteiger partial charge in [0.15, 0.2) is 0 Å². The summed E-state index contributed by atoms with van der Waals surface area (Å²) in [5.74, 6) is 0.878. The van der Waals surface area contributed by atoms with Crippen LogP contribution in [0.5, 0.6) is 0 Å². The Morgan fingerprint density at radius 2 is 2.14 bits per heavy atom. The second-order valence-electron chi connectivity index (χ2n) is 6.84. The zero-order chi connectivity index (χ0) is 14.1. The fourth-order valence-corrected chi connectivity index (χ4v) is 3.60. The normalized spacial score (nSPS) is 30.5. The van der Waals surface area contributed by atoms with Crippen LogP contribution in [-0.2, 0) is 11.3 Å². The lowest BCUT2D eigenvalue weighted by molar-refractivity contribution is 0.0507. The average molecular weight is 287 g/mol. The lowest BCUT2D eigenvalue weighted by Crippen LogP contribution is -2.49. The Kier molecular flexibility index (Phi) is 3.93. The smallest absolute Gasteiger partial charge is 0.0717 e. The fraction of sp³-hybridized carbons (Fsp3) is 0.706. The van der Waals surface area contributed by atoms with E-state index in [-0.39, 0.29) is 0 Å². The largest absolute Gasteiger partial charge is 0.377 e. The second kappa shape index (κ2) is 6.03. The topological polar surface area (TPSA) is 28.6 Å². The summed E-state index contributed by atoms with van der Waals surface area (Å²) >= 11 is 0. The molecule has 4 heteroatoms. The van der Waals surface area contributed by atoms with Crippen LogP contribution in [0.1, 0.15) is 25.0 Å². The highest BCUT2D eigenvalue weighted by molar-refractivity contribution is 5.04. The first-order chi connectivity index (χ1) is 10.4. The van der Waals surface area contributed by atoms with E-state index in [2.05, 4.69) is 26.9 Å². The minimum atomic E-state index is 0.477. The van der Waals surface area contributed by atoms with E-state index in [4.69, 9.17) is 4.74 Å². The SMILES string of the molecule is c1ccc(CN2CCN3C[C@@H](OCC4CC4)C[C@@H]3C2)nc1. The first-order valence-corrected chi connectivity index (χ1v) is 8.35. The monoisotopic (exact) mass is 287 g/mol. The van der Waals surface area contributed by atoms with E-state index in [1.165, 1.54) is 38.0 Å². The number of hydrogen-bond donors (Lipinski definition) is 0. The molecule has 3 heterocycles. The van der Waals surface area contributed by atoms with Crippen molar-refractivity contribution in [3.8, 4) is 0 Å². The minimum absolute atomic E-state index is 0.477. The lowest BCUT2D eigenvalue weighted by Gasteiger charge is -2.37. The first-order valence-electron chi connectivity index (χ1n) is 8.35. The molecular weight excluding hydrogens is 262 g/mol. The van der Waals surface area contributed by atoms with E-state index in [9.17, 15) is 0 Å². The van der Waals surface area contributed by atoms with Crippen molar-refractivity contribution < 1.29 is 4.74 Å². The van der Waals surface area contributed by atoms with Crippen molar-refractivity contribution in [3.05, 3.63) is 30.1 Å². The highest BCUT2D eigenvalue weighted by atomic mass is 16.5. The molecule has 4 nitrogen and oxygen atoms in total. The van der Waals surface area contributed by atoms with Gasteiger partial charge in [0.25, 0.3) is 0 Å². The molecule has 0 amide bonds. The molecule has 0 spiro atoms. The van der Waals surface area contributed by atoms with Gasteiger partial charge in [-0.1, -0.05) is 6.07 Å². The molecule has 0 bridgehead atoms. The van der Waals surface area contributed by atoms with Crippen molar-refractivity contribution in [2.45, 2.75) is 38.0 Å². The average Bonchev–Trinajstić information content (AvgIpc) is 3.25. The number of ether oxygens (including phenoxy) is 1. The molecule has 2 saturated heterocycles. The molecule has 21 heavy (non-hydrogen) atoms. The maximum Gasteiger partial charge on any atom is 0.0717 e. The molecule has 1 saturated carbocycles. The quantitative estimate of drug-likeness (QED) is 0.825. The van der Waals surface area contributed by atoms with E-state index in [0.717, 1.165) is 32.2 Å². The van der Waals surface area contributed by atoms with Gasteiger partial charge in [0.05, 0.1) is 11.8 Å². The Bertz CT molecular complexity index is 462. The highest BCUT2D eigenvalue weighted by Crippen LogP contribution is 2.31. The fourth-order valence-electron chi connectivity index (χ4n) is 3.60. The molecule has 114 valence electrons. The predicted molar refractivity (Wildman–Crippen MR) is 82.0 cm³/mol. The van der Waals surface area contributed by atoms with Crippen molar-refractivity contribution >= 4 is 0 Å². The van der Waals surface area contributed by atoms with Crippen LogP contribution in [0.3, 0.4) is 0 Å². The second-order valence-corrected chi connectivity index (χ2v) is 6.84.